The minimum absolute atomic E-state index is 0.270. The molecule has 0 aromatic heterocycles. The van der Waals surface area contributed by atoms with Crippen LogP contribution in [0.5, 0.6) is 0 Å². The van der Waals surface area contributed by atoms with Gasteiger partial charge in [0.15, 0.2) is 0 Å². The quantitative estimate of drug-likeness (QED) is 0.728. The first-order valence-corrected chi connectivity index (χ1v) is 9.51. The van der Waals surface area contributed by atoms with Crippen molar-refractivity contribution in [1.82, 2.24) is 4.90 Å². The SMILES string of the molecule is CCOCC[C@H]1CO[C@H]2CN(C(=O)C3CCSCC3)C[C@@H]12. The summed E-state index contributed by atoms with van der Waals surface area (Å²) in [5.41, 5.74) is 0. The third-order valence-corrected chi connectivity index (χ3v) is 6.21. The van der Waals surface area contributed by atoms with Crippen LogP contribution in [0, 0.1) is 17.8 Å². The van der Waals surface area contributed by atoms with Crippen molar-refractivity contribution in [3.63, 3.8) is 0 Å². The normalized spacial score (nSPS) is 33.4. The molecule has 0 saturated carbocycles. The van der Waals surface area contributed by atoms with Crippen molar-refractivity contribution < 1.29 is 14.3 Å². The van der Waals surface area contributed by atoms with Crippen molar-refractivity contribution in [2.24, 2.45) is 17.8 Å². The van der Waals surface area contributed by atoms with Gasteiger partial charge in [-0.05, 0) is 43.6 Å². The Morgan fingerprint density at radius 3 is 2.90 bits per heavy atom. The van der Waals surface area contributed by atoms with E-state index in [0.29, 0.717) is 17.7 Å². The minimum Gasteiger partial charge on any atom is -0.382 e. The molecule has 3 fully saturated rings. The van der Waals surface area contributed by atoms with Gasteiger partial charge in [-0.3, -0.25) is 4.79 Å². The summed E-state index contributed by atoms with van der Waals surface area (Å²) in [4.78, 5) is 14.7. The molecular formula is C16H27NO3S. The van der Waals surface area contributed by atoms with E-state index in [1.54, 1.807) is 0 Å². The van der Waals surface area contributed by atoms with Crippen molar-refractivity contribution in [3.05, 3.63) is 0 Å². The number of carbonyl (C=O) groups is 1. The van der Waals surface area contributed by atoms with Gasteiger partial charge in [0.05, 0.1) is 12.7 Å². The first-order valence-electron chi connectivity index (χ1n) is 8.35. The Kier molecular flexibility index (Phi) is 5.46. The summed E-state index contributed by atoms with van der Waals surface area (Å²) >= 11 is 1.98. The van der Waals surface area contributed by atoms with Crippen LogP contribution >= 0.6 is 11.8 Å². The van der Waals surface area contributed by atoms with Crippen molar-refractivity contribution >= 4 is 17.7 Å². The van der Waals surface area contributed by atoms with Crippen LogP contribution in [0.25, 0.3) is 0 Å². The lowest BCUT2D eigenvalue weighted by molar-refractivity contribution is -0.135. The van der Waals surface area contributed by atoms with Crippen molar-refractivity contribution in [3.8, 4) is 0 Å². The highest BCUT2D eigenvalue weighted by molar-refractivity contribution is 7.99. The molecule has 4 nitrogen and oxygen atoms in total. The largest absolute Gasteiger partial charge is 0.382 e. The van der Waals surface area contributed by atoms with E-state index in [1.165, 1.54) is 0 Å². The van der Waals surface area contributed by atoms with Gasteiger partial charge in [0.1, 0.15) is 0 Å². The second-order valence-corrected chi connectivity index (χ2v) is 7.64. The zero-order valence-electron chi connectivity index (χ0n) is 13.0. The molecule has 120 valence electrons. The first-order chi connectivity index (χ1) is 10.3. The predicted molar refractivity (Wildman–Crippen MR) is 84.5 cm³/mol. The zero-order chi connectivity index (χ0) is 14.7. The third kappa shape index (κ3) is 3.57. The predicted octanol–water partition coefficient (Wildman–Crippen LogP) is 2.03. The lowest BCUT2D eigenvalue weighted by Gasteiger charge is -2.27. The van der Waals surface area contributed by atoms with E-state index in [1.807, 2.05) is 18.7 Å². The molecule has 3 atom stereocenters. The molecule has 0 aromatic rings. The molecule has 0 spiro atoms. The smallest absolute Gasteiger partial charge is 0.225 e. The van der Waals surface area contributed by atoms with Gasteiger partial charge in [0.2, 0.25) is 5.91 Å². The fourth-order valence-electron chi connectivity index (χ4n) is 3.86. The number of hydrogen-bond acceptors (Lipinski definition) is 4. The Morgan fingerprint density at radius 1 is 1.33 bits per heavy atom. The number of rotatable bonds is 5. The van der Waals surface area contributed by atoms with Gasteiger partial charge in [-0.1, -0.05) is 0 Å². The number of amides is 1. The van der Waals surface area contributed by atoms with Crippen molar-refractivity contribution in [2.75, 3.05) is 44.4 Å². The molecule has 0 N–H and O–H groups in total. The Bertz CT molecular complexity index is 359. The Labute approximate surface area is 131 Å². The van der Waals surface area contributed by atoms with Crippen LogP contribution in [0.15, 0.2) is 0 Å². The second kappa shape index (κ2) is 7.34. The molecule has 1 amide bonds. The van der Waals surface area contributed by atoms with E-state index in [4.69, 9.17) is 9.47 Å². The average Bonchev–Trinajstić information content (AvgIpc) is 3.09. The molecule has 0 bridgehead atoms. The van der Waals surface area contributed by atoms with Gasteiger partial charge in [0, 0.05) is 38.1 Å². The van der Waals surface area contributed by atoms with Crippen LogP contribution in [0.3, 0.4) is 0 Å². The van der Waals surface area contributed by atoms with Crippen LogP contribution in [0.2, 0.25) is 0 Å². The van der Waals surface area contributed by atoms with Gasteiger partial charge >= 0.3 is 0 Å². The highest BCUT2D eigenvalue weighted by Gasteiger charge is 2.45. The van der Waals surface area contributed by atoms with Crippen molar-refractivity contribution in [2.45, 2.75) is 32.3 Å². The summed E-state index contributed by atoms with van der Waals surface area (Å²) in [7, 11) is 0. The highest BCUT2D eigenvalue weighted by Crippen LogP contribution is 2.37. The van der Waals surface area contributed by atoms with Crippen LogP contribution in [-0.4, -0.2) is 61.3 Å². The molecule has 0 unspecified atom stereocenters. The van der Waals surface area contributed by atoms with E-state index in [9.17, 15) is 4.79 Å². The van der Waals surface area contributed by atoms with E-state index in [2.05, 4.69) is 4.90 Å². The van der Waals surface area contributed by atoms with E-state index in [-0.39, 0.29) is 12.0 Å². The molecule has 0 aliphatic carbocycles. The lowest BCUT2D eigenvalue weighted by Crippen LogP contribution is -2.37. The molecule has 3 rings (SSSR count). The zero-order valence-corrected chi connectivity index (χ0v) is 13.8. The van der Waals surface area contributed by atoms with Gasteiger partial charge in [-0.25, -0.2) is 0 Å². The molecule has 21 heavy (non-hydrogen) atoms. The molecule has 3 aliphatic rings. The number of ether oxygens (including phenoxy) is 2. The highest BCUT2D eigenvalue weighted by atomic mass is 32.2. The van der Waals surface area contributed by atoms with Gasteiger partial charge < -0.3 is 14.4 Å². The van der Waals surface area contributed by atoms with Crippen LogP contribution in [0.1, 0.15) is 26.2 Å². The molecule has 3 saturated heterocycles. The topological polar surface area (TPSA) is 38.8 Å². The number of hydrogen-bond donors (Lipinski definition) is 0. The van der Waals surface area contributed by atoms with Gasteiger partial charge in [0.25, 0.3) is 0 Å². The lowest BCUT2D eigenvalue weighted by atomic mass is 9.91. The molecule has 0 aromatic carbocycles. The third-order valence-electron chi connectivity index (χ3n) is 5.16. The number of thioether (sulfide) groups is 1. The molecule has 3 heterocycles. The number of carbonyl (C=O) groups excluding carboxylic acids is 1. The fourth-order valence-corrected chi connectivity index (χ4v) is 4.96. The number of nitrogens with zero attached hydrogens (tertiary/aromatic N) is 1. The van der Waals surface area contributed by atoms with Crippen LogP contribution in [0.4, 0.5) is 0 Å². The first kappa shape index (κ1) is 15.6. The molecule has 5 heteroatoms. The summed E-state index contributed by atoms with van der Waals surface area (Å²) in [5.74, 6) is 4.05. The van der Waals surface area contributed by atoms with E-state index >= 15 is 0 Å². The van der Waals surface area contributed by atoms with Crippen molar-refractivity contribution in [1.29, 1.82) is 0 Å². The van der Waals surface area contributed by atoms with Crippen LogP contribution < -0.4 is 0 Å². The van der Waals surface area contributed by atoms with Gasteiger partial charge in [-0.15, -0.1) is 0 Å². The summed E-state index contributed by atoms with van der Waals surface area (Å²) < 4.78 is 11.4. The van der Waals surface area contributed by atoms with Crippen LogP contribution in [-0.2, 0) is 14.3 Å². The Morgan fingerprint density at radius 2 is 2.14 bits per heavy atom. The molecule has 0 radical (unpaired) electrons. The Balaban J connectivity index is 1.51. The maximum absolute atomic E-state index is 12.6. The second-order valence-electron chi connectivity index (χ2n) is 6.41. The average molecular weight is 313 g/mol. The Hall–Kier alpha value is -0.260. The molecular weight excluding hydrogens is 286 g/mol. The minimum atomic E-state index is 0.270. The monoisotopic (exact) mass is 313 g/mol. The maximum Gasteiger partial charge on any atom is 0.225 e. The van der Waals surface area contributed by atoms with E-state index in [0.717, 1.165) is 63.7 Å². The number of likely N-dealkylation sites (tertiary alicyclic amines) is 1. The fraction of sp³-hybridized carbons (Fsp3) is 0.938. The summed E-state index contributed by atoms with van der Waals surface area (Å²) in [6.07, 6.45) is 3.46. The van der Waals surface area contributed by atoms with E-state index < -0.39 is 0 Å². The summed E-state index contributed by atoms with van der Waals surface area (Å²) in [6.45, 7) is 6.21. The maximum atomic E-state index is 12.6. The summed E-state index contributed by atoms with van der Waals surface area (Å²) in [5, 5.41) is 0. The standard InChI is InChI=1S/C16H27NO3S/c1-2-19-6-3-13-11-20-15-10-17(9-14(13)15)16(18)12-4-7-21-8-5-12/h12-15H,2-11H2,1H3/t13-,14-,15-/m0/s1. The number of fused-ring (bicyclic) bond motifs is 1. The molecule has 3 aliphatic heterocycles. The van der Waals surface area contributed by atoms with Gasteiger partial charge in [-0.2, -0.15) is 11.8 Å². The summed E-state index contributed by atoms with van der Waals surface area (Å²) in [6, 6.07) is 0.